The van der Waals surface area contributed by atoms with E-state index in [2.05, 4.69) is 10.6 Å². The quantitative estimate of drug-likeness (QED) is 0.222. The topological polar surface area (TPSA) is 211 Å². The summed E-state index contributed by atoms with van der Waals surface area (Å²) in [4.78, 5) is 46.8. The van der Waals surface area contributed by atoms with Crippen LogP contribution in [0, 0.1) is 5.92 Å². The van der Waals surface area contributed by atoms with Gasteiger partial charge in [-0.25, -0.2) is 0 Å². The van der Waals surface area contributed by atoms with Crippen molar-refractivity contribution in [2.45, 2.75) is 57.0 Å². The zero-order valence-electron chi connectivity index (χ0n) is 15.2. The SMILES string of the molecule is CC(C)C(N)C(=O)NC1C=C(C(=O)NC(CC(N)=O)C(N)=O)CC(O)C1O. The minimum absolute atomic E-state index is 0.00642. The summed E-state index contributed by atoms with van der Waals surface area (Å²) in [7, 11) is 0. The molecule has 0 aromatic heterocycles. The van der Waals surface area contributed by atoms with Crippen molar-refractivity contribution in [1.29, 1.82) is 0 Å². The van der Waals surface area contributed by atoms with Crippen LogP contribution < -0.4 is 27.8 Å². The lowest BCUT2D eigenvalue weighted by molar-refractivity contribution is -0.128. The maximum absolute atomic E-state index is 12.4. The monoisotopic (exact) mass is 385 g/mol. The molecule has 0 radical (unpaired) electrons. The van der Waals surface area contributed by atoms with Crippen LogP contribution in [0.2, 0.25) is 0 Å². The Labute approximate surface area is 156 Å². The highest BCUT2D eigenvalue weighted by atomic mass is 16.3. The molecular formula is C16H27N5O6. The number of carbonyl (C=O) groups is 4. The predicted molar refractivity (Wildman–Crippen MR) is 94.4 cm³/mol. The maximum Gasteiger partial charge on any atom is 0.247 e. The number of nitrogens with two attached hydrogens (primary N) is 3. The Morgan fingerprint density at radius 1 is 1.22 bits per heavy atom. The van der Waals surface area contributed by atoms with Gasteiger partial charge in [0.2, 0.25) is 23.6 Å². The van der Waals surface area contributed by atoms with Gasteiger partial charge in [0.05, 0.1) is 24.6 Å². The first-order chi connectivity index (χ1) is 12.4. The lowest BCUT2D eigenvalue weighted by Gasteiger charge is -2.32. The molecule has 4 amide bonds. The second kappa shape index (κ2) is 9.44. The Balaban J connectivity index is 2.94. The molecule has 0 aliphatic heterocycles. The fourth-order valence-electron chi connectivity index (χ4n) is 2.50. The maximum atomic E-state index is 12.4. The summed E-state index contributed by atoms with van der Waals surface area (Å²) in [6.45, 7) is 3.49. The molecule has 152 valence electrons. The van der Waals surface area contributed by atoms with Crippen molar-refractivity contribution in [2.75, 3.05) is 0 Å². The van der Waals surface area contributed by atoms with Crippen molar-refractivity contribution in [1.82, 2.24) is 10.6 Å². The van der Waals surface area contributed by atoms with Gasteiger partial charge in [-0.3, -0.25) is 19.2 Å². The van der Waals surface area contributed by atoms with Crippen LogP contribution >= 0.6 is 0 Å². The van der Waals surface area contributed by atoms with Crippen LogP contribution in [0.3, 0.4) is 0 Å². The van der Waals surface area contributed by atoms with Gasteiger partial charge in [-0.15, -0.1) is 0 Å². The van der Waals surface area contributed by atoms with E-state index in [9.17, 15) is 29.4 Å². The number of aliphatic hydroxyl groups is 2. The second-order valence-corrected chi connectivity index (χ2v) is 6.86. The molecule has 0 saturated carbocycles. The average molecular weight is 385 g/mol. The number of amides is 4. The van der Waals surface area contributed by atoms with E-state index in [1.807, 2.05) is 0 Å². The smallest absolute Gasteiger partial charge is 0.247 e. The first-order valence-corrected chi connectivity index (χ1v) is 8.45. The molecule has 0 aromatic carbocycles. The highest BCUT2D eigenvalue weighted by Gasteiger charge is 2.35. The number of primary amides is 2. The van der Waals surface area contributed by atoms with Gasteiger partial charge in [0.25, 0.3) is 0 Å². The lowest BCUT2D eigenvalue weighted by atomic mass is 9.89. The number of nitrogens with one attached hydrogen (secondary N) is 2. The van der Waals surface area contributed by atoms with Gasteiger partial charge in [0.1, 0.15) is 12.1 Å². The molecule has 10 N–H and O–H groups in total. The standard InChI is InChI=1S/C16H27N5O6/c1-6(2)12(18)16(27)20-8-3-7(4-10(22)13(8)24)15(26)21-9(14(19)25)5-11(17)23/h3,6,8-10,12-13,22,24H,4-5,18H2,1-2H3,(H2,17,23)(H2,19,25)(H,20,27)(H,21,26). The average Bonchev–Trinajstić information content (AvgIpc) is 2.56. The predicted octanol–water partition coefficient (Wildman–Crippen LogP) is -3.65. The molecule has 0 fully saturated rings. The Bertz CT molecular complexity index is 635. The lowest BCUT2D eigenvalue weighted by Crippen LogP contribution is -2.55. The summed E-state index contributed by atoms with van der Waals surface area (Å²) < 4.78 is 0. The highest BCUT2D eigenvalue weighted by molar-refractivity contribution is 5.98. The Morgan fingerprint density at radius 2 is 1.81 bits per heavy atom. The van der Waals surface area contributed by atoms with E-state index in [4.69, 9.17) is 17.2 Å². The highest BCUT2D eigenvalue weighted by Crippen LogP contribution is 2.20. The summed E-state index contributed by atoms with van der Waals surface area (Å²) >= 11 is 0. The summed E-state index contributed by atoms with van der Waals surface area (Å²) in [6, 6.07) is -3.21. The van der Waals surface area contributed by atoms with E-state index >= 15 is 0 Å². The Kier molecular flexibility index (Phi) is 7.88. The minimum Gasteiger partial charge on any atom is -0.390 e. The molecule has 5 atom stereocenters. The van der Waals surface area contributed by atoms with Crippen molar-refractivity contribution < 1.29 is 29.4 Å². The van der Waals surface area contributed by atoms with Crippen LogP contribution in [-0.2, 0) is 19.2 Å². The normalized spacial score (nSPS) is 24.5. The second-order valence-electron chi connectivity index (χ2n) is 6.86. The summed E-state index contributed by atoms with van der Waals surface area (Å²) in [5.74, 6) is -3.28. The molecule has 5 unspecified atom stereocenters. The van der Waals surface area contributed by atoms with Crippen LogP contribution in [0.4, 0.5) is 0 Å². The number of rotatable bonds is 8. The molecule has 11 nitrogen and oxygen atoms in total. The molecule has 27 heavy (non-hydrogen) atoms. The summed E-state index contributed by atoms with van der Waals surface area (Å²) in [5.41, 5.74) is 15.9. The van der Waals surface area contributed by atoms with E-state index in [-0.39, 0.29) is 17.9 Å². The van der Waals surface area contributed by atoms with Gasteiger partial charge in [0.15, 0.2) is 0 Å². The van der Waals surface area contributed by atoms with Crippen molar-refractivity contribution in [3.8, 4) is 0 Å². The summed E-state index contributed by atoms with van der Waals surface area (Å²) in [6.07, 6.45) is -2.12. The van der Waals surface area contributed by atoms with E-state index in [0.717, 1.165) is 0 Å². The number of aliphatic hydroxyl groups excluding tert-OH is 2. The van der Waals surface area contributed by atoms with Crippen LogP contribution in [0.1, 0.15) is 26.7 Å². The fraction of sp³-hybridized carbons (Fsp3) is 0.625. The molecule has 0 bridgehead atoms. The van der Waals surface area contributed by atoms with Crippen molar-refractivity contribution in [3.05, 3.63) is 11.6 Å². The molecule has 1 rings (SSSR count). The number of carbonyl (C=O) groups excluding carboxylic acids is 4. The van der Waals surface area contributed by atoms with E-state index in [1.165, 1.54) is 6.08 Å². The van der Waals surface area contributed by atoms with E-state index in [1.54, 1.807) is 13.8 Å². The number of hydrogen-bond acceptors (Lipinski definition) is 7. The van der Waals surface area contributed by atoms with Gasteiger partial charge in [-0.05, 0) is 5.92 Å². The number of hydrogen-bond donors (Lipinski definition) is 7. The van der Waals surface area contributed by atoms with Gasteiger partial charge in [-0.2, -0.15) is 0 Å². The van der Waals surface area contributed by atoms with Crippen LogP contribution in [0.25, 0.3) is 0 Å². The third-order valence-electron chi connectivity index (χ3n) is 4.25. The van der Waals surface area contributed by atoms with Gasteiger partial charge in [0, 0.05) is 12.0 Å². The molecule has 0 aromatic rings. The van der Waals surface area contributed by atoms with Gasteiger partial charge < -0.3 is 38.0 Å². The molecule has 1 aliphatic carbocycles. The molecular weight excluding hydrogens is 358 g/mol. The van der Waals surface area contributed by atoms with Crippen LogP contribution in [0.5, 0.6) is 0 Å². The van der Waals surface area contributed by atoms with Crippen molar-refractivity contribution in [2.24, 2.45) is 23.1 Å². The first-order valence-electron chi connectivity index (χ1n) is 8.45. The zero-order chi connectivity index (χ0) is 20.9. The Hall–Kier alpha value is -2.50. The molecule has 0 spiro atoms. The van der Waals surface area contributed by atoms with Crippen LogP contribution in [-0.4, -0.2) is 64.2 Å². The molecule has 0 saturated heterocycles. The molecule has 11 heteroatoms. The fourth-order valence-corrected chi connectivity index (χ4v) is 2.50. The van der Waals surface area contributed by atoms with Gasteiger partial charge in [-0.1, -0.05) is 19.9 Å². The van der Waals surface area contributed by atoms with Gasteiger partial charge >= 0.3 is 0 Å². The van der Waals surface area contributed by atoms with E-state index in [0.29, 0.717) is 0 Å². The zero-order valence-corrected chi connectivity index (χ0v) is 15.2. The van der Waals surface area contributed by atoms with Crippen molar-refractivity contribution in [3.63, 3.8) is 0 Å². The third kappa shape index (κ3) is 6.31. The van der Waals surface area contributed by atoms with Crippen molar-refractivity contribution >= 4 is 23.6 Å². The largest absolute Gasteiger partial charge is 0.390 e. The molecule has 0 heterocycles. The summed E-state index contributed by atoms with van der Waals surface area (Å²) in [5, 5.41) is 24.8. The minimum atomic E-state index is -1.34. The first kappa shape index (κ1) is 22.5. The third-order valence-corrected chi connectivity index (χ3v) is 4.25. The van der Waals surface area contributed by atoms with Crippen LogP contribution in [0.15, 0.2) is 11.6 Å². The van der Waals surface area contributed by atoms with E-state index < -0.39 is 60.4 Å². The Morgan fingerprint density at radius 3 is 2.30 bits per heavy atom. The molecule has 1 aliphatic rings.